The average molecular weight is 247 g/mol. The average Bonchev–Trinajstić information content (AvgIpc) is 2.37. The molecular weight excluding hydrogens is 226 g/mol. The standard InChI is InChI=1S/C15H21NO2/c1-10(2)14-12-7-5-4-6-11(12)8-9-13(14)18-15(17)16-3/h4-7,10,13-14H,8-9H2,1-3H3,(H,16,17). The number of fused-ring (bicyclic) bond motifs is 1. The molecule has 18 heavy (non-hydrogen) atoms. The van der Waals surface area contributed by atoms with E-state index in [9.17, 15) is 4.79 Å². The summed E-state index contributed by atoms with van der Waals surface area (Å²) in [5.41, 5.74) is 2.74. The maximum Gasteiger partial charge on any atom is 0.407 e. The highest BCUT2D eigenvalue weighted by Gasteiger charge is 2.33. The first-order valence-corrected chi connectivity index (χ1v) is 6.59. The fourth-order valence-corrected chi connectivity index (χ4v) is 2.88. The Morgan fingerprint density at radius 2 is 2.11 bits per heavy atom. The van der Waals surface area contributed by atoms with Crippen LogP contribution in [0, 0.1) is 5.92 Å². The summed E-state index contributed by atoms with van der Waals surface area (Å²) in [4.78, 5) is 11.4. The lowest BCUT2D eigenvalue weighted by atomic mass is 9.75. The van der Waals surface area contributed by atoms with Gasteiger partial charge in [0, 0.05) is 13.0 Å². The van der Waals surface area contributed by atoms with E-state index in [0.717, 1.165) is 12.8 Å². The van der Waals surface area contributed by atoms with Gasteiger partial charge in [-0.15, -0.1) is 0 Å². The molecule has 0 saturated carbocycles. The summed E-state index contributed by atoms with van der Waals surface area (Å²) in [6, 6.07) is 8.49. The molecule has 0 fully saturated rings. The number of hydrogen-bond acceptors (Lipinski definition) is 2. The summed E-state index contributed by atoms with van der Waals surface area (Å²) in [6.45, 7) is 4.37. The van der Waals surface area contributed by atoms with Crippen LogP contribution in [-0.4, -0.2) is 19.2 Å². The third kappa shape index (κ3) is 2.50. The lowest BCUT2D eigenvalue weighted by Crippen LogP contribution is -2.35. The van der Waals surface area contributed by atoms with Crippen LogP contribution in [-0.2, 0) is 11.2 Å². The van der Waals surface area contributed by atoms with Crippen molar-refractivity contribution in [2.75, 3.05) is 7.05 Å². The Balaban J connectivity index is 2.27. The van der Waals surface area contributed by atoms with Crippen molar-refractivity contribution in [3.8, 4) is 0 Å². The van der Waals surface area contributed by atoms with Crippen molar-refractivity contribution in [2.24, 2.45) is 5.92 Å². The van der Waals surface area contributed by atoms with Crippen LogP contribution in [0.15, 0.2) is 24.3 Å². The topological polar surface area (TPSA) is 38.3 Å². The van der Waals surface area contributed by atoms with Gasteiger partial charge in [-0.2, -0.15) is 0 Å². The van der Waals surface area contributed by atoms with Crippen LogP contribution in [0.2, 0.25) is 0 Å². The van der Waals surface area contributed by atoms with E-state index < -0.39 is 0 Å². The van der Waals surface area contributed by atoms with Gasteiger partial charge in [0.25, 0.3) is 0 Å². The van der Waals surface area contributed by atoms with E-state index in [-0.39, 0.29) is 12.2 Å². The number of benzene rings is 1. The van der Waals surface area contributed by atoms with Gasteiger partial charge in [0.15, 0.2) is 0 Å². The molecule has 1 N–H and O–H groups in total. The fourth-order valence-electron chi connectivity index (χ4n) is 2.88. The normalized spacial score (nSPS) is 22.4. The molecule has 3 nitrogen and oxygen atoms in total. The van der Waals surface area contributed by atoms with Crippen LogP contribution in [0.5, 0.6) is 0 Å². The van der Waals surface area contributed by atoms with Gasteiger partial charge in [-0.05, 0) is 29.9 Å². The summed E-state index contributed by atoms with van der Waals surface area (Å²) >= 11 is 0. The van der Waals surface area contributed by atoms with Gasteiger partial charge in [-0.1, -0.05) is 38.1 Å². The van der Waals surface area contributed by atoms with E-state index >= 15 is 0 Å². The van der Waals surface area contributed by atoms with E-state index in [1.807, 2.05) is 0 Å². The molecule has 3 heteroatoms. The van der Waals surface area contributed by atoms with E-state index in [4.69, 9.17) is 4.74 Å². The molecule has 2 rings (SSSR count). The maximum atomic E-state index is 11.4. The number of alkyl carbamates (subject to hydrolysis) is 1. The third-order valence-corrected chi connectivity index (χ3v) is 3.69. The first-order valence-electron chi connectivity index (χ1n) is 6.59. The number of hydrogen-bond donors (Lipinski definition) is 1. The summed E-state index contributed by atoms with van der Waals surface area (Å²) in [5.74, 6) is 0.758. The van der Waals surface area contributed by atoms with Crippen LogP contribution in [0.25, 0.3) is 0 Å². The summed E-state index contributed by atoms with van der Waals surface area (Å²) in [6.07, 6.45) is 1.55. The Morgan fingerprint density at radius 3 is 2.78 bits per heavy atom. The van der Waals surface area contributed by atoms with Crippen molar-refractivity contribution < 1.29 is 9.53 Å². The second kappa shape index (κ2) is 5.42. The van der Waals surface area contributed by atoms with Crippen molar-refractivity contribution in [3.63, 3.8) is 0 Å². The van der Waals surface area contributed by atoms with Gasteiger partial charge in [0.05, 0.1) is 0 Å². The molecule has 1 amide bonds. The number of aryl methyl sites for hydroxylation is 1. The largest absolute Gasteiger partial charge is 0.446 e. The molecule has 98 valence electrons. The monoisotopic (exact) mass is 247 g/mol. The van der Waals surface area contributed by atoms with E-state index in [1.165, 1.54) is 11.1 Å². The molecule has 0 aliphatic heterocycles. The van der Waals surface area contributed by atoms with Gasteiger partial charge in [0.2, 0.25) is 0 Å². The molecule has 1 aromatic rings. The van der Waals surface area contributed by atoms with Gasteiger partial charge in [-0.3, -0.25) is 0 Å². The van der Waals surface area contributed by atoms with Crippen LogP contribution in [0.1, 0.15) is 37.3 Å². The smallest absolute Gasteiger partial charge is 0.407 e. The number of amides is 1. The van der Waals surface area contributed by atoms with Crippen LogP contribution in [0.4, 0.5) is 4.79 Å². The van der Waals surface area contributed by atoms with Gasteiger partial charge in [-0.25, -0.2) is 4.79 Å². The van der Waals surface area contributed by atoms with Gasteiger partial charge in [0.1, 0.15) is 6.10 Å². The molecule has 1 aromatic carbocycles. The Labute approximate surface area is 109 Å². The zero-order chi connectivity index (χ0) is 13.1. The second-order valence-electron chi connectivity index (χ2n) is 5.20. The molecule has 2 atom stereocenters. The zero-order valence-electron chi connectivity index (χ0n) is 11.3. The zero-order valence-corrected chi connectivity index (χ0v) is 11.3. The maximum absolute atomic E-state index is 11.4. The summed E-state index contributed by atoms with van der Waals surface area (Å²) in [5, 5.41) is 2.53. The second-order valence-corrected chi connectivity index (χ2v) is 5.20. The first-order chi connectivity index (χ1) is 8.63. The van der Waals surface area contributed by atoms with Crippen LogP contribution >= 0.6 is 0 Å². The van der Waals surface area contributed by atoms with Crippen molar-refractivity contribution >= 4 is 6.09 Å². The number of rotatable bonds is 2. The predicted molar refractivity (Wildman–Crippen MR) is 71.7 cm³/mol. The van der Waals surface area contributed by atoms with Crippen molar-refractivity contribution in [1.29, 1.82) is 0 Å². The molecule has 1 aliphatic rings. The van der Waals surface area contributed by atoms with Gasteiger partial charge >= 0.3 is 6.09 Å². The van der Waals surface area contributed by atoms with Crippen molar-refractivity contribution in [2.45, 2.75) is 38.7 Å². The fraction of sp³-hybridized carbons (Fsp3) is 0.533. The van der Waals surface area contributed by atoms with Crippen molar-refractivity contribution in [1.82, 2.24) is 5.32 Å². The van der Waals surface area contributed by atoms with Gasteiger partial charge < -0.3 is 10.1 Å². The number of nitrogens with one attached hydrogen (secondary N) is 1. The first kappa shape index (κ1) is 12.9. The lowest BCUT2D eigenvalue weighted by molar-refractivity contribution is 0.0623. The third-order valence-electron chi connectivity index (χ3n) is 3.69. The van der Waals surface area contributed by atoms with E-state index in [1.54, 1.807) is 7.05 Å². The Bertz CT molecular complexity index is 428. The molecule has 0 bridgehead atoms. The number of carbonyl (C=O) groups is 1. The van der Waals surface area contributed by atoms with Crippen LogP contribution in [0.3, 0.4) is 0 Å². The highest BCUT2D eigenvalue weighted by molar-refractivity contribution is 5.67. The highest BCUT2D eigenvalue weighted by atomic mass is 16.6. The van der Waals surface area contributed by atoms with E-state index in [2.05, 4.69) is 43.4 Å². The Morgan fingerprint density at radius 1 is 1.39 bits per heavy atom. The minimum absolute atomic E-state index is 0.0140. The van der Waals surface area contributed by atoms with Crippen LogP contribution < -0.4 is 5.32 Å². The predicted octanol–water partition coefficient (Wildman–Crippen LogP) is 3.10. The number of ether oxygens (including phenoxy) is 1. The lowest BCUT2D eigenvalue weighted by Gasteiger charge is -2.35. The minimum Gasteiger partial charge on any atom is -0.446 e. The minimum atomic E-state index is -0.329. The highest BCUT2D eigenvalue weighted by Crippen LogP contribution is 2.38. The Kier molecular flexibility index (Phi) is 3.90. The van der Waals surface area contributed by atoms with E-state index in [0.29, 0.717) is 11.8 Å². The SMILES string of the molecule is CNC(=O)OC1CCc2ccccc2C1C(C)C. The molecular formula is C15H21NO2. The summed E-state index contributed by atoms with van der Waals surface area (Å²) < 4.78 is 5.52. The molecule has 0 saturated heterocycles. The van der Waals surface area contributed by atoms with Crippen molar-refractivity contribution in [3.05, 3.63) is 35.4 Å². The molecule has 0 heterocycles. The number of carbonyl (C=O) groups excluding carboxylic acids is 1. The summed E-state index contributed by atoms with van der Waals surface area (Å²) in [7, 11) is 1.60. The Hall–Kier alpha value is -1.51. The molecule has 0 radical (unpaired) electrons. The molecule has 1 aliphatic carbocycles. The quantitative estimate of drug-likeness (QED) is 0.872. The molecule has 0 spiro atoms. The molecule has 2 unspecified atom stereocenters. The molecule has 0 aromatic heterocycles.